The fourth-order valence-electron chi connectivity index (χ4n) is 8.01. The summed E-state index contributed by atoms with van der Waals surface area (Å²) in [5, 5.41) is 0. The Morgan fingerprint density at radius 1 is 1.20 bits per heavy atom. The van der Waals surface area contributed by atoms with Crippen LogP contribution in [0.5, 0.6) is 0 Å². The summed E-state index contributed by atoms with van der Waals surface area (Å²) in [6, 6.07) is 0.809. The summed E-state index contributed by atoms with van der Waals surface area (Å²) >= 11 is 0. The van der Waals surface area contributed by atoms with Gasteiger partial charge < -0.3 is 9.47 Å². The Morgan fingerprint density at radius 3 is 2.40 bits per heavy atom. The van der Waals surface area contributed by atoms with Crippen LogP contribution in [0.25, 0.3) is 0 Å². The van der Waals surface area contributed by atoms with Crippen molar-refractivity contribution < 1.29 is 23.9 Å². The van der Waals surface area contributed by atoms with E-state index in [0.29, 0.717) is 12.3 Å². The predicted molar refractivity (Wildman–Crippen MR) is 163 cm³/mol. The second kappa shape index (κ2) is 12.2. The normalized spacial score (nSPS) is 35.0. The minimum absolute atomic E-state index is 0.0305. The van der Waals surface area contributed by atoms with Crippen LogP contribution in [0.4, 0.5) is 4.79 Å². The molecule has 1 saturated carbocycles. The number of fused-ring (bicyclic) bond motifs is 1. The summed E-state index contributed by atoms with van der Waals surface area (Å²) in [5.41, 5.74) is 1.12. The van der Waals surface area contributed by atoms with Crippen LogP contribution in [0, 0.1) is 40.9 Å². The first kappa shape index (κ1) is 32.8. The van der Waals surface area contributed by atoms with Crippen LogP contribution in [0.3, 0.4) is 0 Å². The van der Waals surface area contributed by atoms with Gasteiger partial charge in [0.05, 0.1) is 6.61 Å². The van der Waals surface area contributed by atoms with E-state index in [1.165, 1.54) is 16.0 Å². The minimum atomic E-state index is -1.44. The Labute approximate surface area is 244 Å². The van der Waals surface area contributed by atoms with Gasteiger partial charge in [-0.3, -0.25) is 9.59 Å². The molecule has 3 aliphatic rings. The van der Waals surface area contributed by atoms with Gasteiger partial charge in [-0.2, -0.15) is 0 Å². The molecule has 3 rings (SSSR count). The molecule has 7 atom stereocenters. The summed E-state index contributed by atoms with van der Waals surface area (Å²) in [7, 11) is 0.107. The Kier molecular flexibility index (Phi) is 10.0. The molecule has 1 heterocycles. The van der Waals surface area contributed by atoms with Gasteiger partial charge in [0.25, 0.3) is 0 Å². The van der Waals surface area contributed by atoms with Gasteiger partial charge in [-0.1, -0.05) is 77.1 Å². The monoisotopic (exact) mass is 573 g/mol. The zero-order chi connectivity index (χ0) is 30.2. The van der Waals surface area contributed by atoms with Gasteiger partial charge in [-0.05, 0) is 69.2 Å². The highest BCUT2D eigenvalue weighted by atomic mass is 28.3. The van der Waals surface area contributed by atoms with Gasteiger partial charge in [0, 0.05) is 33.4 Å². The van der Waals surface area contributed by atoms with Crippen molar-refractivity contribution in [1.82, 2.24) is 4.90 Å². The number of hydrogen-bond acceptors (Lipinski definition) is 5. The molecule has 6 nitrogen and oxygen atoms in total. The molecule has 2 fully saturated rings. The molecule has 1 unspecified atom stereocenters. The van der Waals surface area contributed by atoms with Crippen molar-refractivity contribution in [3.8, 4) is 0 Å². The van der Waals surface area contributed by atoms with E-state index in [-0.39, 0.29) is 47.9 Å². The van der Waals surface area contributed by atoms with E-state index in [2.05, 4.69) is 59.5 Å². The number of likely N-dealkylation sites (tertiary alicyclic amines) is 1. The topological polar surface area (TPSA) is 72.9 Å². The third kappa shape index (κ3) is 6.51. The van der Waals surface area contributed by atoms with E-state index in [4.69, 9.17) is 9.47 Å². The largest absolute Gasteiger partial charge is 0.449 e. The van der Waals surface area contributed by atoms with Gasteiger partial charge in [0.15, 0.2) is 5.72 Å². The number of imide groups is 1. The Bertz CT molecular complexity index is 1040. The van der Waals surface area contributed by atoms with Crippen molar-refractivity contribution in [1.29, 1.82) is 0 Å². The molecule has 226 valence electrons. The van der Waals surface area contributed by atoms with Gasteiger partial charge in [0.1, 0.15) is 11.7 Å². The molecule has 2 aliphatic carbocycles. The second-order valence-electron chi connectivity index (χ2n) is 14.9. The molecule has 7 heteroatoms. The van der Waals surface area contributed by atoms with Crippen LogP contribution < -0.4 is 0 Å². The maximum Gasteiger partial charge on any atom is 0.418 e. The van der Waals surface area contributed by atoms with Crippen molar-refractivity contribution in [3.05, 3.63) is 23.3 Å². The number of hydrogen-bond donors (Lipinski definition) is 0. The number of nitrogens with zero attached hydrogens (tertiary/aromatic N) is 1. The molecule has 0 N–H and O–H groups in total. The van der Waals surface area contributed by atoms with E-state index in [1.54, 1.807) is 7.11 Å². The van der Waals surface area contributed by atoms with E-state index in [1.807, 2.05) is 20.8 Å². The molecule has 0 aromatic rings. The van der Waals surface area contributed by atoms with Crippen LogP contribution in [0.1, 0.15) is 80.6 Å². The van der Waals surface area contributed by atoms with Crippen molar-refractivity contribution >= 4 is 25.9 Å². The van der Waals surface area contributed by atoms with Crippen LogP contribution in [-0.2, 0) is 19.1 Å². The Hall–Kier alpha value is -1.73. The molecule has 1 aliphatic heterocycles. The molecule has 0 spiro atoms. The minimum Gasteiger partial charge on any atom is -0.449 e. The van der Waals surface area contributed by atoms with E-state index < -0.39 is 31.7 Å². The van der Waals surface area contributed by atoms with Gasteiger partial charge >= 0.3 is 6.09 Å². The highest BCUT2D eigenvalue weighted by Crippen LogP contribution is 2.57. The van der Waals surface area contributed by atoms with Crippen molar-refractivity contribution in [2.45, 2.75) is 112 Å². The zero-order valence-electron chi connectivity index (χ0n) is 27.1. The number of amides is 2. The molecule has 40 heavy (non-hydrogen) atoms. The van der Waals surface area contributed by atoms with Crippen molar-refractivity contribution in [2.75, 3.05) is 13.7 Å². The molecule has 0 bridgehead atoms. The van der Waals surface area contributed by atoms with Crippen LogP contribution in [0.15, 0.2) is 23.3 Å². The van der Waals surface area contributed by atoms with Gasteiger partial charge in [-0.25, -0.2) is 9.69 Å². The maximum absolute atomic E-state index is 14.8. The third-order valence-electron chi connectivity index (χ3n) is 9.88. The van der Waals surface area contributed by atoms with Crippen LogP contribution in [0.2, 0.25) is 25.7 Å². The van der Waals surface area contributed by atoms with Crippen molar-refractivity contribution in [2.24, 2.45) is 40.9 Å². The smallest absolute Gasteiger partial charge is 0.418 e. The SMILES string of the molecule is C/C=C(\C)[C@@H]1C(C)=C[C@]2(C)C[C@H](C)CC[C@H]2[C@@H]1C(=O)C1C[C@@](CC(C)C)(OC)N(C(=O)OCC[Si](C)(C)C)C1=O. The number of methoxy groups -OCH3 is 1. The lowest BCUT2D eigenvalue weighted by Gasteiger charge is -2.52. The number of carbonyl (C=O) groups is 3. The first-order valence-electron chi connectivity index (χ1n) is 15.4. The molecular weight excluding hydrogens is 518 g/mol. The van der Waals surface area contributed by atoms with Crippen LogP contribution >= 0.6 is 0 Å². The average Bonchev–Trinajstić information content (AvgIpc) is 3.12. The summed E-state index contributed by atoms with van der Waals surface area (Å²) < 4.78 is 11.7. The van der Waals surface area contributed by atoms with E-state index in [0.717, 1.165) is 25.3 Å². The van der Waals surface area contributed by atoms with Crippen LogP contribution in [-0.4, -0.2) is 50.2 Å². The summed E-state index contributed by atoms with van der Waals surface area (Å²) in [6.45, 7) is 21.9. The quantitative estimate of drug-likeness (QED) is 0.159. The summed E-state index contributed by atoms with van der Waals surface area (Å²) in [6.07, 6.45) is 7.59. The Morgan fingerprint density at radius 2 is 1.85 bits per heavy atom. The first-order valence-corrected chi connectivity index (χ1v) is 19.1. The zero-order valence-corrected chi connectivity index (χ0v) is 28.1. The molecule has 0 radical (unpaired) electrons. The highest BCUT2D eigenvalue weighted by molar-refractivity contribution is 6.76. The molecule has 1 saturated heterocycles. The lowest BCUT2D eigenvalue weighted by molar-refractivity contribution is -0.150. The maximum atomic E-state index is 14.8. The number of Topliss-reactive ketones (excluding diaryl/α,β-unsaturated/α-hetero) is 1. The summed E-state index contributed by atoms with van der Waals surface area (Å²) in [5.74, 6) is -0.831. The summed E-state index contributed by atoms with van der Waals surface area (Å²) in [4.78, 5) is 43.6. The van der Waals surface area contributed by atoms with Gasteiger partial charge in [0.2, 0.25) is 5.91 Å². The highest BCUT2D eigenvalue weighted by Gasteiger charge is 2.60. The van der Waals surface area contributed by atoms with Crippen molar-refractivity contribution in [3.63, 3.8) is 0 Å². The third-order valence-corrected chi connectivity index (χ3v) is 11.6. The lowest BCUT2D eigenvalue weighted by Crippen LogP contribution is -2.52. The number of ether oxygens (including phenoxy) is 2. The molecule has 0 aromatic heterocycles. The Balaban J connectivity index is 2.03. The van der Waals surface area contributed by atoms with Gasteiger partial charge in [-0.15, -0.1) is 0 Å². The second-order valence-corrected chi connectivity index (χ2v) is 20.6. The fraction of sp³-hybridized carbons (Fsp3) is 0.788. The predicted octanol–water partition coefficient (Wildman–Crippen LogP) is 7.87. The standard InChI is InChI=1S/C33H55NO5Si/c1-12-23(5)27-24(6)19-32(7)18-22(4)13-14-26(32)28(27)29(35)25-20-33(38-8,17-21(2)3)34(30(25)36)31(37)39-15-16-40(9,10)11/h12,19,21-22,25-28H,13-18,20H2,1-11H3/b23-12+/t22-,25?,26+,27-,28+,32+,33-/m1/s1. The average molecular weight is 574 g/mol. The number of carbonyl (C=O) groups excluding carboxylic acids is 3. The number of allylic oxidation sites excluding steroid dienone is 4. The number of ketones is 1. The van der Waals surface area contributed by atoms with E-state index in [9.17, 15) is 14.4 Å². The van der Waals surface area contributed by atoms with E-state index >= 15 is 0 Å². The first-order chi connectivity index (χ1) is 18.5. The molecule has 2 amide bonds. The number of rotatable bonds is 9. The molecule has 0 aromatic carbocycles. The molecular formula is C33H55NO5Si. The fourth-order valence-corrected chi connectivity index (χ4v) is 8.72. The lowest BCUT2D eigenvalue weighted by atomic mass is 9.51.